The molecule has 448 valence electrons. The minimum Gasteiger partial charge on any atom is -0.462 e. The van der Waals surface area contributed by atoms with E-state index >= 15 is 0 Å². The number of esters is 3. The Morgan fingerprint density at radius 2 is 0.457 bits per heavy atom. The van der Waals surface area contributed by atoms with E-state index in [9.17, 15) is 14.4 Å². The van der Waals surface area contributed by atoms with Gasteiger partial charge in [-0.05, 0) is 161 Å². The first kappa shape index (κ1) is 75.0. The first-order valence-corrected chi connectivity index (χ1v) is 31.6. The third-order valence-corrected chi connectivity index (χ3v) is 12.3. The minimum absolute atomic E-state index is 0.132. The Kier molecular flexibility index (Phi) is 61.6. The number of hydrogen-bond acceptors (Lipinski definition) is 6. The van der Waals surface area contributed by atoms with E-state index in [1.165, 1.54) is 0 Å². The molecule has 0 aliphatic carbocycles. The first-order valence-electron chi connectivity index (χ1n) is 31.6. The summed E-state index contributed by atoms with van der Waals surface area (Å²) < 4.78 is 16.8. The van der Waals surface area contributed by atoms with Crippen molar-refractivity contribution in [2.75, 3.05) is 13.2 Å². The van der Waals surface area contributed by atoms with E-state index in [0.29, 0.717) is 19.3 Å². The molecule has 0 N–H and O–H groups in total. The number of carbonyl (C=O) groups is 3. The summed E-state index contributed by atoms with van der Waals surface area (Å²) in [5.74, 6) is -1.05. The molecule has 0 bridgehead atoms. The van der Waals surface area contributed by atoms with Gasteiger partial charge in [-0.1, -0.05) is 253 Å². The van der Waals surface area contributed by atoms with Crippen LogP contribution in [0.1, 0.15) is 226 Å². The molecule has 0 saturated carbocycles. The van der Waals surface area contributed by atoms with E-state index in [-0.39, 0.29) is 44.0 Å². The van der Waals surface area contributed by atoms with E-state index in [2.05, 4.69) is 227 Å². The zero-order chi connectivity index (χ0) is 58.5. The predicted molar refractivity (Wildman–Crippen MR) is 352 cm³/mol. The lowest BCUT2D eigenvalue weighted by Gasteiger charge is -2.18. The molecule has 0 saturated heterocycles. The van der Waals surface area contributed by atoms with Crippen LogP contribution < -0.4 is 0 Å². The molecule has 0 rings (SSSR count). The second-order valence-corrected chi connectivity index (χ2v) is 19.8. The maximum absolute atomic E-state index is 12.9. The average molecular weight is 1110 g/mol. The summed E-state index contributed by atoms with van der Waals surface area (Å²) in [6, 6.07) is 0. The van der Waals surface area contributed by atoms with Gasteiger partial charge in [-0.25, -0.2) is 0 Å². The van der Waals surface area contributed by atoms with Crippen molar-refractivity contribution < 1.29 is 28.6 Å². The summed E-state index contributed by atoms with van der Waals surface area (Å²) in [4.78, 5) is 38.3. The number of allylic oxidation sites excluding steroid dienone is 34. The first-order chi connectivity index (χ1) is 40.0. The van der Waals surface area contributed by atoms with Crippen molar-refractivity contribution in [1.82, 2.24) is 0 Å². The lowest BCUT2D eigenvalue weighted by atomic mass is 10.1. The number of carbonyl (C=O) groups excluding carboxylic acids is 3. The highest BCUT2D eigenvalue weighted by molar-refractivity contribution is 5.71. The molecule has 1 unspecified atom stereocenters. The minimum atomic E-state index is -0.842. The molecule has 0 aliphatic heterocycles. The summed E-state index contributed by atoms with van der Waals surface area (Å²) in [7, 11) is 0. The van der Waals surface area contributed by atoms with E-state index < -0.39 is 6.10 Å². The van der Waals surface area contributed by atoms with Gasteiger partial charge in [0.25, 0.3) is 0 Å². The van der Waals surface area contributed by atoms with Crippen molar-refractivity contribution in [1.29, 1.82) is 0 Å². The van der Waals surface area contributed by atoms with Crippen molar-refractivity contribution in [2.45, 2.75) is 232 Å². The van der Waals surface area contributed by atoms with Crippen LogP contribution in [0.25, 0.3) is 0 Å². The molecule has 0 aromatic heterocycles. The second kappa shape index (κ2) is 66.5. The Morgan fingerprint density at radius 1 is 0.247 bits per heavy atom. The summed E-state index contributed by atoms with van der Waals surface area (Å²) >= 11 is 0. The third kappa shape index (κ3) is 64.7. The van der Waals surface area contributed by atoms with Crippen LogP contribution in [0.5, 0.6) is 0 Å². The quantitative estimate of drug-likeness (QED) is 0.0261. The van der Waals surface area contributed by atoms with Crippen LogP contribution >= 0.6 is 0 Å². The number of unbranched alkanes of at least 4 members (excludes halogenated alkanes) is 9. The molecule has 81 heavy (non-hydrogen) atoms. The van der Waals surface area contributed by atoms with Crippen molar-refractivity contribution >= 4 is 17.9 Å². The lowest BCUT2D eigenvalue weighted by molar-refractivity contribution is -0.167. The lowest BCUT2D eigenvalue weighted by Crippen LogP contribution is -2.30. The number of ether oxygens (including phenoxy) is 3. The maximum Gasteiger partial charge on any atom is 0.306 e. The summed E-state index contributed by atoms with van der Waals surface area (Å²) in [6.45, 7) is 6.19. The molecule has 0 aromatic carbocycles. The second-order valence-electron chi connectivity index (χ2n) is 19.8. The molecular formula is C75H112O6. The Labute approximate surface area is 496 Å². The Bertz CT molecular complexity index is 2000. The molecule has 1 atom stereocenters. The van der Waals surface area contributed by atoms with E-state index in [4.69, 9.17) is 14.2 Å². The fourth-order valence-corrected chi connectivity index (χ4v) is 7.66. The highest BCUT2D eigenvalue weighted by atomic mass is 16.6. The van der Waals surface area contributed by atoms with Gasteiger partial charge in [0, 0.05) is 19.3 Å². The van der Waals surface area contributed by atoms with Crippen LogP contribution in [0.15, 0.2) is 207 Å². The van der Waals surface area contributed by atoms with Crippen LogP contribution in [-0.4, -0.2) is 37.2 Å². The zero-order valence-corrected chi connectivity index (χ0v) is 51.2. The topological polar surface area (TPSA) is 78.9 Å². The number of hydrogen-bond donors (Lipinski definition) is 0. The molecule has 6 heteroatoms. The Hall–Kier alpha value is -6.01. The molecule has 0 spiro atoms. The monoisotopic (exact) mass is 1110 g/mol. The fraction of sp³-hybridized carbons (Fsp3) is 0.507. The fourth-order valence-electron chi connectivity index (χ4n) is 7.66. The largest absolute Gasteiger partial charge is 0.462 e. The van der Waals surface area contributed by atoms with Crippen LogP contribution in [0.2, 0.25) is 0 Å². The summed E-state index contributed by atoms with van der Waals surface area (Å²) in [5.41, 5.74) is 0. The van der Waals surface area contributed by atoms with E-state index in [1.807, 2.05) is 0 Å². The standard InChI is InChI=1S/C75H112O6/c1-4-7-10-13-16-19-22-25-28-31-33-35-37-39-41-44-47-50-53-56-59-62-65-68-74(77)80-71-72(70-79-73(76)67-64-61-58-55-52-49-46-43-30-27-24-21-18-15-12-9-6-3)81-75(78)69-66-63-60-57-54-51-48-45-42-40-38-36-34-32-29-26-23-20-17-14-11-8-5-2/h7-12,16-21,25-30,33-36,39-42,46-51,56,59,72H,4-6,13-15,22-24,31-32,37-38,43-45,52-55,57-58,60-71H2,1-3H3/b10-7-,11-8-,12-9-,19-16-,20-17-,21-18-,28-25-,29-26-,30-27-,35-33-,36-34-,41-39-,42-40-,49-46-,50-47-,51-48-,59-56-. The molecule has 0 aliphatic rings. The van der Waals surface area contributed by atoms with Crippen molar-refractivity contribution in [3.63, 3.8) is 0 Å². The number of rotatable bonds is 54. The Balaban J connectivity index is 4.63. The van der Waals surface area contributed by atoms with Gasteiger partial charge >= 0.3 is 17.9 Å². The van der Waals surface area contributed by atoms with Crippen molar-refractivity contribution in [3.8, 4) is 0 Å². The van der Waals surface area contributed by atoms with Gasteiger partial charge in [0.2, 0.25) is 0 Å². The highest BCUT2D eigenvalue weighted by Crippen LogP contribution is 2.12. The highest BCUT2D eigenvalue weighted by Gasteiger charge is 2.19. The molecule has 6 nitrogen and oxygen atoms in total. The van der Waals surface area contributed by atoms with Gasteiger partial charge < -0.3 is 14.2 Å². The van der Waals surface area contributed by atoms with Crippen molar-refractivity contribution in [3.05, 3.63) is 207 Å². The normalized spacial score (nSPS) is 13.6. The third-order valence-electron chi connectivity index (χ3n) is 12.3. The van der Waals surface area contributed by atoms with Gasteiger partial charge in [0.05, 0.1) is 0 Å². The predicted octanol–water partition coefficient (Wildman–Crippen LogP) is 22.0. The summed E-state index contributed by atoms with van der Waals surface area (Å²) in [5, 5.41) is 0. The van der Waals surface area contributed by atoms with E-state index in [1.54, 1.807) is 0 Å². The van der Waals surface area contributed by atoms with Crippen LogP contribution in [0.4, 0.5) is 0 Å². The van der Waals surface area contributed by atoms with Crippen LogP contribution in [-0.2, 0) is 28.6 Å². The van der Waals surface area contributed by atoms with Gasteiger partial charge in [-0.3, -0.25) is 14.4 Å². The SMILES string of the molecule is CC/C=C\C/C=C\C/C=C\C/C=C\C/C=C\C/C=C\C/C=C\CCCC(=O)OCC(COC(=O)CCCCCC/C=C\C/C=C\C/C=C\C/C=C\CC)OC(=O)CCCCCC/C=C\C/C=C\C/C=C\C/C=C\C/C=C\C/C=C\CC. The molecule has 0 amide bonds. The molecule has 0 heterocycles. The van der Waals surface area contributed by atoms with Gasteiger partial charge in [0.15, 0.2) is 6.10 Å². The summed E-state index contributed by atoms with van der Waals surface area (Å²) in [6.07, 6.45) is 103. The van der Waals surface area contributed by atoms with E-state index in [0.717, 1.165) is 173 Å². The average Bonchev–Trinajstić information content (AvgIpc) is 3.47. The maximum atomic E-state index is 12.9. The molecular weight excluding hydrogens is 997 g/mol. The van der Waals surface area contributed by atoms with Crippen LogP contribution in [0.3, 0.4) is 0 Å². The smallest absolute Gasteiger partial charge is 0.306 e. The zero-order valence-electron chi connectivity index (χ0n) is 51.2. The van der Waals surface area contributed by atoms with Gasteiger partial charge in [-0.15, -0.1) is 0 Å². The molecule has 0 aromatic rings. The van der Waals surface area contributed by atoms with Gasteiger partial charge in [0.1, 0.15) is 13.2 Å². The van der Waals surface area contributed by atoms with Crippen LogP contribution in [0, 0.1) is 0 Å². The molecule has 0 fully saturated rings. The van der Waals surface area contributed by atoms with Crippen molar-refractivity contribution in [2.24, 2.45) is 0 Å². The Morgan fingerprint density at radius 3 is 0.728 bits per heavy atom. The van der Waals surface area contributed by atoms with Gasteiger partial charge in [-0.2, -0.15) is 0 Å². The molecule has 0 radical (unpaired) electrons.